The number of hydrogen-bond acceptors (Lipinski definition) is 3. The summed E-state index contributed by atoms with van der Waals surface area (Å²) in [6.45, 7) is 1.23. The van der Waals surface area contributed by atoms with Gasteiger partial charge in [0.05, 0.1) is 6.26 Å². The lowest BCUT2D eigenvalue weighted by atomic mass is 9.99. The number of furan rings is 1. The number of fused-ring (bicyclic) bond motifs is 1. The van der Waals surface area contributed by atoms with Crippen LogP contribution in [0, 0.1) is 0 Å². The Morgan fingerprint density at radius 1 is 1.30 bits per heavy atom. The predicted molar refractivity (Wildman–Crippen MR) is 75.0 cm³/mol. The van der Waals surface area contributed by atoms with Gasteiger partial charge in [0, 0.05) is 19.2 Å². The van der Waals surface area contributed by atoms with Crippen molar-refractivity contribution in [3.63, 3.8) is 0 Å². The summed E-state index contributed by atoms with van der Waals surface area (Å²) in [7, 11) is 0. The second kappa shape index (κ2) is 5.25. The van der Waals surface area contributed by atoms with E-state index in [0.717, 1.165) is 12.0 Å². The lowest BCUT2D eigenvalue weighted by Crippen LogP contribution is -2.34. The van der Waals surface area contributed by atoms with E-state index in [-0.39, 0.29) is 11.7 Å². The zero-order valence-electron chi connectivity index (χ0n) is 11.0. The number of amides is 1. The van der Waals surface area contributed by atoms with Gasteiger partial charge in [-0.15, -0.1) is 0 Å². The van der Waals surface area contributed by atoms with Gasteiger partial charge in [-0.1, -0.05) is 6.07 Å². The van der Waals surface area contributed by atoms with E-state index >= 15 is 0 Å². The van der Waals surface area contributed by atoms with E-state index in [1.54, 1.807) is 41.5 Å². The molecule has 0 bridgehead atoms. The smallest absolute Gasteiger partial charge is 0.246 e. The van der Waals surface area contributed by atoms with E-state index in [1.807, 2.05) is 6.07 Å². The maximum absolute atomic E-state index is 12.1. The van der Waals surface area contributed by atoms with Gasteiger partial charge in [0.1, 0.15) is 11.5 Å². The molecule has 1 aliphatic rings. The van der Waals surface area contributed by atoms with Gasteiger partial charge in [0.15, 0.2) is 0 Å². The van der Waals surface area contributed by atoms with Crippen molar-refractivity contribution in [3.8, 4) is 5.75 Å². The molecule has 1 aliphatic heterocycles. The van der Waals surface area contributed by atoms with Crippen LogP contribution >= 0.6 is 0 Å². The first-order chi connectivity index (χ1) is 9.72. The monoisotopic (exact) mass is 269 g/mol. The van der Waals surface area contributed by atoms with E-state index < -0.39 is 0 Å². The molecule has 0 aliphatic carbocycles. The molecule has 1 aromatic heterocycles. The first-order valence-electron chi connectivity index (χ1n) is 6.53. The van der Waals surface area contributed by atoms with Gasteiger partial charge in [0.25, 0.3) is 0 Å². The predicted octanol–water partition coefficient (Wildman–Crippen LogP) is 2.58. The van der Waals surface area contributed by atoms with Gasteiger partial charge in [-0.3, -0.25) is 4.79 Å². The van der Waals surface area contributed by atoms with Crippen LogP contribution in [-0.4, -0.2) is 22.5 Å². The van der Waals surface area contributed by atoms with Crippen LogP contribution in [0.2, 0.25) is 0 Å². The molecule has 0 saturated heterocycles. The fourth-order valence-corrected chi connectivity index (χ4v) is 2.38. The number of benzene rings is 1. The molecule has 1 aromatic carbocycles. The molecule has 0 radical (unpaired) electrons. The van der Waals surface area contributed by atoms with Crippen molar-refractivity contribution in [2.24, 2.45) is 0 Å². The van der Waals surface area contributed by atoms with E-state index in [2.05, 4.69) is 0 Å². The first-order valence-corrected chi connectivity index (χ1v) is 6.53. The Morgan fingerprint density at radius 3 is 3.00 bits per heavy atom. The van der Waals surface area contributed by atoms with Crippen LogP contribution in [0.5, 0.6) is 5.75 Å². The summed E-state index contributed by atoms with van der Waals surface area (Å²) in [4.78, 5) is 13.9. The van der Waals surface area contributed by atoms with Crippen molar-refractivity contribution in [1.29, 1.82) is 0 Å². The quantitative estimate of drug-likeness (QED) is 0.852. The minimum atomic E-state index is -0.0459. The Kier molecular flexibility index (Phi) is 3.29. The second-order valence-electron chi connectivity index (χ2n) is 4.81. The third kappa shape index (κ3) is 2.59. The number of nitrogens with zero attached hydrogens (tertiary/aromatic N) is 1. The van der Waals surface area contributed by atoms with Crippen molar-refractivity contribution in [2.75, 3.05) is 6.54 Å². The molecule has 4 nitrogen and oxygen atoms in total. The highest BCUT2D eigenvalue weighted by atomic mass is 16.3. The molecule has 102 valence electrons. The summed E-state index contributed by atoms with van der Waals surface area (Å²) in [5, 5.41) is 9.51. The van der Waals surface area contributed by atoms with Crippen molar-refractivity contribution >= 4 is 12.0 Å². The number of carbonyl (C=O) groups is 1. The minimum Gasteiger partial charge on any atom is -0.508 e. The van der Waals surface area contributed by atoms with Crippen LogP contribution in [0.25, 0.3) is 6.08 Å². The largest absolute Gasteiger partial charge is 0.508 e. The Labute approximate surface area is 116 Å². The van der Waals surface area contributed by atoms with Crippen LogP contribution in [0.1, 0.15) is 16.9 Å². The molecule has 1 N–H and O–H groups in total. The molecule has 1 amide bonds. The molecule has 3 rings (SSSR count). The Hall–Kier alpha value is -2.49. The normalized spacial score (nSPS) is 14.5. The molecule has 2 heterocycles. The van der Waals surface area contributed by atoms with Gasteiger partial charge in [0.2, 0.25) is 5.91 Å². The molecule has 2 aromatic rings. The van der Waals surface area contributed by atoms with Crippen molar-refractivity contribution in [2.45, 2.75) is 13.0 Å². The first kappa shape index (κ1) is 12.5. The van der Waals surface area contributed by atoms with Gasteiger partial charge in [-0.05, 0) is 47.9 Å². The molecule has 0 saturated carbocycles. The van der Waals surface area contributed by atoms with E-state index in [4.69, 9.17) is 4.42 Å². The number of aromatic hydroxyl groups is 1. The highest BCUT2D eigenvalue weighted by Gasteiger charge is 2.19. The second-order valence-corrected chi connectivity index (χ2v) is 4.81. The average Bonchev–Trinajstić information content (AvgIpc) is 2.97. The van der Waals surface area contributed by atoms with Crippen LogP contribution in [0.15, 0.2) is 47.1 Å². The highest BCUT2D eigenvalue weighted by molar-refractivity contribution is 5.91. The summed E-state index contributed by atoms with van der Waals surface area (Å²) in [6.07, 6.45) is 5.58. The minimum absolute atomic E-state index is 0.0459. The number of carbonyl (C=O) groups excluding carboxylic acids is 1. The SMILES string of the molecule is O=C(/C=C/c1ccco1)N1CCc2ccc(O)cc2C1. The van der Waals surface area contributed by atoms with Gasteiger partial charge in [-0.25, -0.2) is 0 Å². The number of rotatable bonds is 2. The standard InChI is InChI=1S/C16H15NO3/c18-14-4-3-12-7-8-17(11-13(12)10-14)16(19)6-5-15-2-1-9-20-15/h1-6,9-10,18H,7-8,11H2/b6-5+. The third-order valence-electron chi connectivity index (χ3n) is 3.45. The van der Waals surface area contributed by atoms with E-state index in [1.165, 1.54) is 11.6 Å². The zero-order chi connectivity index (χ0) is 13.9. The van der Waals surface area contributed by atoms with Crippen LogP contribution in [0.3, 0.4) is 0 Å². The maximum atomic E-state index is 12.1. The number of phenols is 1. The average molecular weight is 269 g/mol. The van der Waals surface area contributed by atoms with Crippen LogP contribution < -0.4 is 0 Å². The molecule has 20 heavy (non-hydrogen) atoms. The Bertz CT molecular complexity index is 644. The van der Waals surface area contributed by atoms with Crippen molar-refractivity contribution < 1.29 is 14.3 Å². The van der Waals surface area contributed by atoms with Crippen LogP contribution in [0.4, 0.5) is 0 Å². The van der Waals surface area contributed by atoms with Crippen molar-refractivity contribution in [3.05, 3.63) is 59.6 Å². The molecule has 0 unspecified atom stereocenters. The molecule has 0 atom stereocenters. The van der Waals surface area contributed by atoms with Gasteiger partial charge in [-0.2, -0.15) is 0 Å². The number of hydrogen-bond donors (Lipinski definition) is 1. The number of phenolic OH excluding ortho intramolecular Hbond substituents is 1. The Morgan fingerprint density at radius 2 is 2.20 bits per heavy atom. The molecular formula is C16H15NO3. The van der Waals surface area contributed by atoms with E-state index in [9.17, 15) is 9.90 Å². The summed E-state index contributed by atoms with van der Waals surface area (Å²) >= 11 is 0. The van der Waals surface area contributed by atoms with Crippen molar-refractivity contribution in [1.82, 2.24) is 4.90 Å². The highest BCUT2D eigenvalue weighted by Crippen LogP contribution is 2.23. The molecule has 0 spiro atoms. The summed E-state index contributed by atoms with van der Waals surface area (Å²) < 4.78 is 5.15. The molecule has 4 heteroatoms. The van der Waals surface area contributed by atoms with Gasteiger partial charge >= 0.3 is 0 Å². The van der Waals surface area contributed by atoms with Crippen LogP contribution in [-0.2, 0) is 17.8 Å². The zero-order valence-corrected chi connectivity index (χ0v) is 11.0. The summed E-state index contributed by atoms with van der Waals surface area (Å²) in [5.41, 5.74) is 2.21. The summed E-state index contributed by atoms with van der Waals surface area (Å²) in [5.74, 6) is 0.855. The fourth-order valence-electron chi connectivity index (χ4n) is 2.38. The maximum Gasteiger partial charge on any atom is 0.246 e. The third-order valence-corrected chi connectivity index (χ3v) is 3.45. The topological polar surface area (TPSA) is 53.7 Å². The Balaban J connectivity index is 1.71. The summed E-state index contributed by atoms with van der Waals surface area (Å²) in [6, 6.07) is 8.92. The lowest BCUT2D eigenvalue weighted by molar-refractivity contribution is -0.126. The van der Waals surface area contributed by atoms with E-state index in [0.29, 0.717) is 18.8 Å². The molecule has 0 fully saturated rings. The molecular weight excluding hydrogens is 254 g/mol. The van der Waals surface area contributed by atoms with Gasteiger partial charge < -0.3 is 14.4 Å². The fraction of sp³-hybridized carbons (Fsp3) is 0.188. The lowest BCUT2D eigenvalue weighted by Gasteiger charge is -2.28.